The third kappa shape index (κ3) is 6.24. The summed E-state index contributed by atoms with van der Waals surface area (Å²) in [5.41, 5.74) is 2.43. The van der Waals surface area contributed by atoms with Crippen LogP contribution in [0.25, 0.3) is 0 Å². The van der Waals surface area contributed by atoms with Crippen LogP contribution in [-0.2, 0) is 19.6 Å². The van der Waals surface area contributed by atoms with Gasteiger partial charge in [-0.05, 0) is 23.3 Å². The van der Waals surface area contributed by atoms with Crippen LogP contribution in [0.3, 0.4) is 0 Å². The van der Waals surface area contributed by atoms with Gasteiger partial charge in [-0.2, -0.15) is 0 Å². The van der Waals surface area contributed by atoms with E-state index in [0.717, 1.165) is 29.9 Å². The average Bonchev–Trinajstić information content (AvgIpc) is 3.12. The molecule has 1 heterocycles. The second kappa shape index (κ2) is 11.1. The van der Waals surface area contributed by atoms with Gasteiger partial charge in [0.05, 0.1) is 6.54 Å². The van der Waals surface area contributed by atoms with Crippen LogP contribution in [0, 0.1) is 0 Å². The third-order valence-corrected chi connectivity index (χ3v) is 4.56. The quantitative estimate of drug-likeness (QED) is 0.304. The lowest BCUT2D eigenvalue weighted by molar-refractivity contribution is 0.474. The number of aromatic nitrogens is 2. The summed E-state index contributed by atoms with van der Waals surface area (Å²) in [6.07, 6.45) is 3.84. The Labute approximate surface area is 188 Å². The Hall–Kier alpha value is -2.06. The van der Waals surface area contributed by atoms with Crippen molar-refractivity contribution in [3.63, 3.8) is 0 Å². The van der Waals surface area contributed by atoms with E-state index in [4.69, 9.17) is 11.6 Å². The first-order valence-electron chi connectivity index (χ1n) is 8.86. The van der Waals surface area contributed by atoms with Crippen LogP contribution in [0.5, 0.6) is 0 Å². The number of guanidine groups is 1. The van der Waals surface area contributed by atoms with E-state index in [9.17, 15) is 0 Å². The van der Waals surface area contributed by atoms with Gasteiger partial charge in [0.15, 0.2) is 5.96 Å². The zero-order chi connectivity index (χ0) is 19.1. The Bertz CT molecular complexity index is 877. The van der Waals surface area contributed by atoms with E-state index >= 15 is 0 Å². The summed E-state index contributed by atoms with van der Waals surface area (Å²) in [5, 5.41) is 4.14. The van der Waals surface area contributed by atoms with E-state index < -0.39 is 0 Å². The van der Waals surface area contributed by atoms with Crippen LogP contribution in [0.1, 0.15) is 17.0 Å². The predicted molar refractivity (Wildman–Crippen MR) is 126 cm³/mol. The fraction of sp³-hybridized carbons (Fsp3) is 0.238. The van der Waals surface area contributed by atoms with Gasteiger partial charge in [0.1, 0.15) is 5.82 Å². The van der Waals surface area contributed by atoms with Crippen molar-refractivity contribution in [2.75, 3.05) is 14.1 Å². The van der Waals surface area contributed by atoms with E-state index in [2.05, 4.69) is 49.0 Å². The van der Waals surface area contributed by atoms with E-state index in [0.29, 0.717) is 6.54 Å². The van der Waals surface area contributed by atoms with Crippen molar-refractivity contribution in [1.29, 1.82) is 0 Å². The summed E-state index contributed by atoms with van der Waals surface area (Å²) < 4.78 is 2.15. The van der Waals surface area contributed by atoms with Crippen molar-refractivity contribution in [3.05, 3.63) is 89.0 Å². The summed E-state index contributed by atoms with van der Waals surface area (Å²) in [6, 6.07) is 18.2. The molecule has 3 rings (SSSR count). The van der Waals surface area contributed by atoms with Gasteiger partial charge in [-0.15, -0.1) is 24.0 Å². The molecule has 0 atom stereocenters. The fourth-order valence-electron chi connectivity index (χ4n) is 2.91. The van der Waals surface area contributed by atoms with Gasteiger partial charge in [-0.25, -0.2) is 4.98 Å². The van der Waals surface area contributed by atoms with Crippen molar-refractivity contribution >= 4 is 41.5 Å². The molecule has 1 N–H and O–H groups in total. The number of hydrogen-bond donors (Lipinski definition) is 1. The molecule has 0 saturated heterocycles. The predicted octanol–water partition coefficient (Wildman–Crippen LogP) is 4.41. The topological polar surface area (TPSA) is 45.5 Å². The average molecular weight is 510 g/mol. The van der Waals surface area contributed by atoms with E-state index in [1.54, 1.807) is 7.05 Å². The standard InChI is InChI=1S/C21H24ClN5.HI/c1-23-21(26(2)15-18-8-10-19(22)11-9-18)25-14-20-24-12-13-27(20)16-17-6-4-3-5-7-17;/h3-13H,14-16H2,1-2H3,(H,23,25);1H. The van der Waals surface area contributed by atoms with Crippen LogP contribution < -0.4 is 5.32 Å². The highest BCUT2D eigenvalue weighted by atomic mass is 127. The second-order valence-corrected chi connectivity index (χ2v) is 6.78. The first-order chi connectivity index (χ1) is 13.2. The van der Waals surface area contributed by atoms with Gasteiger partial charge in [0.25, 0.3) is 0 Å². The number of rotatable bonds is 6. The molecule has 0 aliphatic carbocycles. The Morgan fingerprint density at radius 3 is 2.50 bits per heavy atom. The number of benzene rings is 2. The number of aliphatic imine (C=N–C) groups is 1. The molecule has 3 aromatic rings. The highest BCUT2D eigenvalue weighted by molar-refractivity contribution is 14.0. The largest absolute Gasteiger partial charge is 0.349 e. The molecule has 5 nitrogen and oxygen atoms in total. The molecule has 2 aromatic carbocycles. The molecule has 28 heavy (non-hydrogen) atoms. The lowest BCUT2D eigenvalue weighted by Crippen LogP contribution is -2.38. The summed E-state index contributed by atoms with van der Waals surface area (Å²) >= 11 is 5.96. The molecule has 0 saturated carbocycles. The normalized spacial score (nSPS) is 11.0. The Balaban J connectivity index is 0.00000280. The SMILES string of the molecule is CN=C(NCc1nccn1Cc1ccccc1)N(C)Cc1ccc(Cl)cc1.I. The van der Waals surface area contributed by atoms with Crippen LogP contribution in [0.2, 0.25) is 5.02 Å². The van der Waals surface area contributed by atoms with E-state index in [1.165, 1.54) is 11.1 Å². The highest BCUT2D eigenvalue weighted by Crippen LogP contribution is 2.11. The second-order valence-electron chi connectivity index (χ2n) is 6.34. The van der Waals surface area contributed by atoms with Crippen LogP contribution in [0.4, 0.5) is 0 Å². The minimum atomic E-state index is 0. The molecule has 0 fully saturated rings. The van der Waals surface area contributed by atoms with Gasteiger partial charge < -0.3 is 14.8 Å². The molecule has 7 heteroatoms. The molecule has 0 aliphatic heterocycles. The zero-order valence-electron chi connectivity index (χ0n) is 16.0. The van der Waals surface area contributed by atoms with Gasteiger partial charge >= 0.3 is 0 Å². The zero-order valence-corrected chi connectivity index (χ0v) is 19.1. The van der Waals surface area contributed by atoms with Gasteiger partial charge in [0, 0.05) is 44.6 Å². The minimum absolute atomic E-state index is 0. The fourth-order valence-corrected chi connectivity index (χ4v) is 3.04. The number of halogens is 2. The highest BCUT2D eigenvalue weighted by Gasteiger charge is 2.09. The smallest absolute Gasteiger partial charge is 0.194 e. The Kier molecular flexibility index (Phi) is 8.79. The molecular weight excluding hydrogens is 485 g/mol. The number of imidazole rings is 1. The molecule has 0 radical (unpaired) electrons. The third-order valence-electron chi connectivity index (χ3n) is 4.31. The molecule has 0 aliphatic rings. The number of nitrogens with one attached hydrogen (secondary N) is 1. The maximum atomic E-state index is 5.96. The molecule has 0 unspecified atom stereocenters. The first-order valence-corrected chi connectivity index (χ1v) is 9.23. The Morgan fingerprint density at radius 2 is 1.82 bits per heavy atom. The van der Waals surface area contributed by atoms with Gasteiger partial charge in [0.2, 0.25) is 0 Å². The number of hydrogen-bond acceptors (Lipinski definition) is 2. The molecule has 1 aromatic heterocycles. The van der Waals surface area contributed by atoms with Gasteiger partial charge in [-0.3, -0.25) is 4.99 Å². The van der Waals surface area contributed by atoms with Crippen molar-refractivity contribution in [1.82, 2.24) is 19.8 Å². The van der Waals surface area contributed by atoms with Crippen molar-refractivity contribution in [3.8, 4) is 0 Å². The van der Waals surface area contributed by atoms with Gasteiger partial charge in [-0.1, -0.05) is 54.1 Å². The molecule has 0 bridgehead atoms. The van der Waals surface area contributed by atoms with Crippen molar-refractivity contribution in [2.45, 2.75) is 19.6 Å². The molecular formula is C21H25ClIN5. The van der Waals surface area contributed by atoms with E-state index in [-0.39, 0.29) is 24.0 Å². The lowest BCUT2D eigenvalue weighted by Gasteiger charge is -2.22. The summed E-state index contributed by atoms with van der Waals surface area (Å²) in [6.45, 7) is 2.16. The summed E-state index contributed by atoms with van der Waals surface area (Å²) in [4.78, 5) is 10.9. The van der Waals surface area contributed by atoms with Crippen LogP contribution in [-0.4, -0.2) is 34.5 Å². The summed E-state index contributed by atoms with van der Waals surface area (Å²) in [7, 11) is 3.80. The van der Waals surface area contributed by atoms with Crippen molar-refractivity contribution < 1.29 is 0 Å². The minimum Gasteiger partial charge on any atom is -0.349 e. The molecule has 148 valence electrons. The Morgan fingerprint density at radius 1 is 1.11 bits per heavy atom. The number of nitrogens with zero attached hydrogens (tertiary/aromatic N) is 4. The first kappa shape index (κ1) is 22.2. The summed E-state index contributed by atoms with van der Waals surface area (Å²) in [5.74, 6) is 1.79. The van der Waals surface area contributed by atoms with E-state index in [1.807, 2.05) is 49.8 Å². The van der Waals surface area contributed by atoms with Crippen molar-refractivity contribution in [2.24, 2.45) is 4.99 Å². The van der Waals surface area contributed by atoms with Crippen LogP contribution in [0.15, 0.2) is 72.0 Å². The lowest BCUT2D eigenvalue weighted by atomic mass is 10.2. The molecule has 0 spiro atoms. The monoisotopic (exact) mass is 509 g/mol. The maximum absolute atomic E-state index is 5.96. The maximum Gasteiger partial charge on any atom is 0.194 e. The van der Waals surface area contributed by atoms with Crippen LogP contribution >= 0.6 is 35.6 Å². The molecule has 0 amide bonds.